The second-order valence-electron chi connectivity index (χ2n) is 8.88. The van der Waals surface area contributed by atoms with Gasteiger partial charge in [0.05, 0.1) is 18.2 Å². The highest BCUT2D eigenvalue weighted by atomic mass is 19.4. The van der Waals surface area contributed by atoms with Crippen LogP contribution in [-0.2, 0) is 11.0 Å². The van der Waals surface area contributed by atoms with Crippen LogP contribution >= 0.6 is 0 Å². The fourth-order valence-electron chi connectivity index (χ4n) is 4.37. The number of anilines is 1. The minimum Gasteiger partial charge on any atom is -0.497 e. The Labute approximate surface area is 207 Å². The Morgan fingerprint density at radius 1 is 1.03 bits per heavy atom. The minimum atomic E-state index is -4.93. The SMILES string of the molecule is COc1ccc(NCCNC(=O)C(CC2CCCCC2)NC(=O)c2cccc(C(F)(F)F)c2F)cc1. The van der Waals surface area contributed by atoms with Gasteiger partial charge in [0.1, 0.15) is 17.6 Å². The molecule has 36 heavy (non-hydrogen) atoms. The zero-order chi connectivity index (χ0) is 26.1. The summed E-state index contributed by atoms with van der Waals surface area (Å²) in [5.41, 5.74) is -1.43. The molecule has 1 fully saturated rings. The van der Waals surface area contributed by atoms with Crippen molar-refractivity contribution in [1.29, 1.82) is 0 Å². The predicted molar refractivity (Wildman–Crippen MR) is 128 cm³/mol. The fourth-order valence-corrected chi connectivity index (χ4v) is 4.37. The number of ether oxygens (including phenoxy) is 1. The normalized spacial score (nSPS) is 15.1. The van der Waals surface area contributed by atoms with Gasteiger partial charge in [-0.25, -0.2) is 4.39 Å². The Morgan fingerprint density at radius 2 is 1.72 bits per heavy atom. The van der Waals surface area contributed by atoms with Crippen LogP contribution in [0.1, 0.15) is 54.4 Å². The number of hydrogen-bond acceptors (Lipinski definition) is 4. The van der Waals surface area contributed by atoms with Crippen LogP contribution in [0.5, 0.6) is 5.75 Å². The third kappa shape index (κ3) is 7.60. The average Bonchev–Trinajstić information content (AvgIpc) is 2.86. The van der Waals surface area contributed by atoms with Crippen LogP contribution in [0.2, 0.25) is 0 Å². The smallest absolute Gasteiger partial charge is 0.419 e. The summed E-state index contributed by atoms with van der Waals surface area (Å²) in [4.78, 5) is 25.7. The number of methoxy groups -OCH3 is 1. The van der Waals surface area contributed by atoms with Crippen LogP contribution in [0.3, 0.4) is 0 Å². The lowest BCUT2D eigenvalue weighted by atomic mass is 9.84. The highest BCUT2D eigenvalue weighted by molar-refractivity contribution is 5.98. The molecule has 1 unspecified atom stereocenters. The van der Waals surface area contributed by atoms with Gasteiger partial charge in [0.2, 0.25) is 5.91 Å². The molecule has 6 nitrogen and oxygen atoms in total. The van der Waals surface area contributed by atoms with Crippen LogP contribution in [-0.4, -0.2) is 38.1 Å². The molecule has 1 saturated carbocycles. The molecule has 196 valence electrons. The lowest BCUT2D eigenvalue weighted by Crippen LogP contribution is -2.48. The van der Waals surface area contributed by atoms with E-state index in [9.17, 15) is 27.2 Å². The third-order valence-corrected chi connectivity index (χ3v) is 6.31. The van der Waals surface area contributed by atoms with E-state index >= 15 is 0 Å². The van der Waals surface area contributed by atoms with Crippen LogP contribution in [0.15, 0.2) is 42.5 Å². The quantitative estimate of drug-likeness (QED) is 0.306. The number of carbonyl (C=O) groups excluding carboxylic acids is 2. The van der Waals surface area contributed by atoms with Crippen LogP contribution in [0.25, 0.3) is 0 Å². The van der Waals surface area contributed by atoms with E-state index in [1.54, 1.807) is 19.2 Å². The number of benzene rings is 2. The highest BCUT2D eigenvalue weighted by Gasteiger charge is 2.36. The van der Waals surface area contributed by atoms with Gasteiger partial charge >= 0.3 is 6.18 Å². The Kier molecular flexibility index (Phi) is 9.55. The number of rotatable bonds is 10. The molecule has 0 aliphatic heterocycles. The van der Waals surface area contributed by atoms with Gasteiger partial charge in [-0.15, -0.1) is 0 Å². The second kappa shape index (κ2) is 12.6. The molecule has 1 atom stereocenters. The van der Waals surface area contributed by atoms with Crippen molar-refractivity contribution in [3.05, 3.63) is 59.4 Å². The van der Waals surface area contributed by atoms with E-state index in [-0.39, 0.29) is 12.5 Å². The van der Waals surface area contributed by atoms with Crippen molar-refractivity contribution in [1.82, 2.24) is 10.6 Å². The topological polar surface area (TPSA) is 79.5 Å². The summed E-state index contributed by atoms with van der Waals surface area (Å²) in [7, 11) is 1.57. The number of alkyl halides is 3. The molecule has 0 radical (unpaired) electrons. The average molecular weight is 510 g/mol. The van der Waals surface area contributed by atoms with E-state index in [0.717, 1.165) is 49.9 Å². The van der Waals surface area contributed by atoms with Crippen molar-refractivity contribution in [2.75, 3.05) is 25.5 Å². The molecule has 0 aromatic heterocycles. The maximum absolute atomic E-state index is 14.5. The first-order valence-corrected chi connectivity index (χ1v) is 12.0. The van der Waals surface area contributed by atoms with Gasteiger partial charge in [0.25, 0.3) is 5.91 Å². The van der Waals surface area contributed by atoms with Gasteiger partial charge in [-0.3, -0.25) is 9.59 Å². The lowest BCUT2D eigenvalue weighted by molar-refractivity contribution is -0.140. The molecular weight excluding hydrogens is 478 g/mol. The van der Waals surface area contributed by atoms with Crippen molar-refractivity contribution < 1.29 is 31.9 Å². The van der Waals surface area contributed by atoms with Crippen LogP contribution in [0, 0.1) is 11.7 Å². The van der Waals surface area contributed by atoms with E-state index in [0.29, 0.717) is 24.8 Å². The predicted octanol–water partition coefficient (Wildman–Crippen LogP) is 5.15. The second-order valence-corrected chi connectivity index (χ2v) is 8.88. The maximum atomic E-state index is 14.5. The molecule has 10 heteroatoms. The van der Waals surface area contributed by atoms with Gasteiger partial charge in [-0.05, 0) is 48.7 Å². The van der Waals surface area contributed by atoms with Gasteiger partial charge in [0, 0.05) is 18.8 Å². The largest absolute Gasteiger partial charge is 0.497 e. The van der Waals surface area contributed by atoms with E-state index < -0.39 is 41.0 Å². The van der Waals surface area contributed by atoms with E-state index in [4.69, 9.17) is 4.74 Å². The Hall–Kier alpha value is -3.30. The summed E-state index contributed by atoms with van der Waals surface area (Å²) in [6.45, 7) is 0.657. The van der Waals surface area contributed by atoms with E-state index in [2.05, 4.69) is 16.0 Å². The summed E-state index contributed by atoms with van der Waals surface area (Å²) >= 11 is 0. The third-order valence-electron chi connectivity index (χ3n) is 6.31. The molecule has 0 bridgehead atoms. The Morgan fingerprint density at radius 3 is 2.36 bits per heavy atom. The molecule has 0 saturated heterocycles. The molecule has 0 spiro atoms. The van der Waals surface area contributed by atoms with Crippen molar-refractivity contribution >= 4 is 17.5 Å². The number of hydrogen-bond donors (Lipinski definition) is 3. The molecule has 1 aliphatic carbocycles. The number of nitrogens with one attached hydrogen (secondary N) is 3. The van der Waals surface area contributed by atoms with Crippen LogP contribution in [0.4, 0.5) is 23.2 Å². The van der Waals surface area contributed by atoms with Crippen molar-refractivity contribution in [2.45, 2.75) is 50.7 Å². The highest BCUT2D eigenvalue weighted by Crippen LogP contribution is 2.32. The molecule has 2 amide bonds. The maximum Gasteiger partial charge on any atom is 0.419 e. The number of amides is 2. The molecule has 2 aromatic carbocycles. The zero-order valence-electron chi connectivity index (χ0n) is 20.1. The molecule has 3 rings (SSSR count). The molecular formula is C26H31F4N3O3. The summed E-state index contributed by atoms with van der Waals surface area (Å²) in [6.07, 6.45) is 0.335. The summed E-state index contributed by atoms with van der Waals surface area (Å²) in [5, 5.41) is 8.39. The molecule has 2 aromatic rings. The first kappa shape index (κ1) is 27.3. The summed E-state index contributed by atoms with van der Waals surface area (Å²) in [6, 6.07) is 8.79. The number of carbonyl (C=O) groups is 2. The lowest BCUT2D eigenvalue weighted by Gasteiger charge is -2.27. The summed E-state index contributed by atoms with van der Waals surface area (Å²) in [5.74, 6) is -2.25. The van der Waals surface area contributed by atoms with Gasteiger partial charge < -0.3 is 20.7 Å². The van der Waals surface area contributed by atoms with Gasteiger partial charge in [0.15, 0.2) is 0 Å². The van der Waals surface area contributed by atoms with Crippen molar-refractivity contribution in [3.8, 4) is 5.75 Å². The van der Waals surface area contributed by atoms with Gasteiger partial charge in [-0.1, -0.05) is 38.2 Å². The minimum absolute atomic E-state index is 0.193. The standard InChI is InChI=1S/C26H31F4N3O3/c1-36-19-12-10-18(11-13-19)31-14-15-32-25(35)22(16-17-6-3-2-4-7-17)33-24(34)20-8-5-9-21(23(20)27)26(28,29)30/h5,8-13,17,22,31H,2-4,6-7,14-16H2,1H3,(H,32,35)(H,33,34). The molecule has 1 aliphatic rings. The molecule has 3 N–H and O–H groups in total. The fraction of sp³-hybridized carbons (Fsp3) is 0.462. The monoisotopic (exact) mass is 509 g/mol. The Balaban J connectivity index is 1.64. The Bertz CT molecular complexity index is 1020. The van der Waals surface area contributed by atoms with Crippen molar-refractivity contribution in [3.63, 3.8) is 0 Å². The summed E-state index contributed by atoms with van der Waals surface area (Å²) < 4.78 is 58.8. The van der Waals surface area contributed by atoms with Crippen molar-refractivity contribution in [2.24, 2.45) is 5.92 Å². The van der Waals surface area contributed by atoms with Crippen LogP contribution < -0.4 is 20.7 Å². The zero-order valence-corrected chi connectivity index (χ0v) is 20.1. The van der Waals surface area contributed by atoms with E-state index in [1.165, 1.54) is 0 Å². The molecule has 0 heterocycles. The van der Waals surface area contributed by atoms with E-state index in [1.807, 2.05) is 12.1 Å². The van der Waals surface area contributed by atoms with Gasteiger partial charge in [-0.2, -0.15) is 13.2 Å². The first-order valence-electron chi connectivity index (χ1n) is 12.0. The first-order chi connectivity index (χ1) is 17.2. The number of halogens is 4.